The van der Waals surface area contributed by atoms with Gasteiger partial charge in [-0.05, 0) is 60.4 Å². The molecule has 6 heteroatoms. The van der Waals surface area contributed by atoms with Crippen LogP contribution in [0.4, 0.5) is 0 Å². The second-order valence-electron chi connectivity index (χ2n) is 6.51. The summed E-state index contributed by atoms with van der Waals surface area (Å²) >= 11 is 0. The van der Waals surface area contributed by atoms with Gasteiger partial charge in [0.2, 0.25) is 5.89 Å². The molecule has 0 aliphatic heterocycles. The van der Waals surface area contributed by atoms with Crippen LogP contribution in [-0.4, -0.2) is 17.6 Å². The number of ether oxygens (including phenoxy) is 1. The number of carboxylic acid groups (broad SMARTS) is 1. The van der Waals surface area contributed by atoms with Crippen molar-refractivity contribution in [3.05, 3.63) is 60.2 Å². The van der Waals surface area contributed by atoms with Gasteiger partial charge < -0.3 is 19.1 Å². The molecule has 5 nitrogen and oxygen atoms in total. The summed E-state index contributed by atoms with van der Waals surface area (Å²) in [5.41, 5.74) is 3.35. The minimum atomic E-state index is -1.08. The van der Waals surface area contributed by atoms with Gasteiger partial charge in [0.25, 0.3) is 0 Å². The molecule has 0 amide bonds. The van der Waals surface area contributed by atoms with Crippen molar-refractivity contribution in [2.24, 2.45) is 0 Å². The standard InChI is InChI=1S/C22H19NO4.K/c1-14-8-9-18-20(11-14)27-22(23-18)17-12-15-5-2-3-6-16(15)13-19(17)26-10-4-7-21(24)25;/h2-3,5-6,8-9,11-13H,4,7,10H2,1H3,(H,24,25);/q;+1/p-1. The maximum absolute atomic E-state index is 10.6. The Hall–Kier alpha value is -1.70. The Morgan fingerprint density at radius 1 is 1.11 bits per heavy atom. The van der Waals surface area contributed by atoms with Gasteiger partial charge in [0.05, 0.1) is 12.2 Å². The molecule has 0 fully saturated rings. The number of fused-ring (bicyclic) bond motifs is 2. The first-order valence-electron chi connectivity index (χ1n) is 8.83. The molecular weight excluding hydrogens is 381 g/mol. The number of aryl methyl sites for hydroxylation is 1. The number of hydrogen-bond acceptors (Lipinski definition) is 5. The van der Waals surface area contributed by atoms with E-state index in [0.717, 1.165) is 33.0 Å². The number of rotatable bonds is 6. The van der Waals surface area contributed by atoms with Gasteiger partial charge >= 0.3 is 51.4 Å². The fourth-order valence-corrected chi connectivity index (χ4v) is 3.05. The van der Waals surface area contributed by atoms with Gasteiger partial charge in [-0.2, -0.15) is 0 Å². The molecule has 0 bridgehead atoms. The van der Waals surface area contributed by atoms with E-state index in [1.54, 1.807) is 0 Å². The summed E-state index contributed by atoms with van der Waals surface area (Å²) < 4.78 is 11.9. The van der Waals surface area contributed by atoms with Gasteiger partial charge in [-0.15, -0.1) is 0 Å². The second kappa shape index (κ2) is 9.20. The van der Waals surface area contributed by atoms with E-state index in [1.165, 1.54) is 0 Å². The summed E-state index contributed by atoms with van der Waals surface area (Å²) in [6.45, 7) is 2.28. The molecule has 1 heterocycles. The van der Waals surface area contributed by atoms with Crippen molar-refractivity contribution < 1.29 is 70.4 Å². The largest absolute Gasteiger partial charge is 1.00 e. The molecule has 0 saturated carbocycles. The molecule has 1 aromatic heterocycles. The Balaban J connectivity index is 0.00000225. The van der Waals surface area contributed by atoms with E-state index >= 15 is 0 Å². The van der Waals surface area contributed by atoms with Crippen LogP contribution in [0.3, 0.4) is 0 Å². The Morgan fingerprint density at radius 3 is 2.61 bits per heavy atom. The van der Waals surface area contributed by atoms with Crippen LogP contribution in [0.25, 0.3) is 33.3 Å². The Morgan fingerprint density at radius 2 is 1.86 bits per heavy atom. The average molecular weight is 399 g/mol. The molecule has 3 aromatic carbocycles. The maximum Gasteiger partial charge on any atom is 1.00 e. The predicted octanol–water partition coefficient (Wildman–Crippen LogP) is 0.869. The number of oxazole rings is 1. The number of carbonyl (C=O) groups is 1. The van der Waals surface area contributed by atoms with Crippen LogP contribution < -0.4 is 61.2 Å². The minimum absolute atomic E-state index is 0. The van der Waals surface area contributed by atoms with Gasteiger partial charge in [0.15, 0.2) is 5.58 Å². The molecule has 0 aliphatic carbocycles. The smallest absolute Gasteiger partial charge is 0.550 e. The van der Waals surface area contributed by atoms with Gasteiger partial charge in [0.1, 0.15) is 11.3 Å². The molecular formula is C22H18KNO4. The van der Waals surface area contributed by atoms with E-state index in [4.69, 9.17) is 9.15 Å². The molecule has 0 radical (unpaired) electrons. The molecule has 0 atom stereocenters. The van der Waals surface area contributed by atoms with E-state index < -0.39 is 5.97 Å². The summed E-state index contributed by atoms with van der Waals surface area (Å²) in [6, 6.07) is 17.8. The summed E-state index contributed by atoms with van der Waals surface area (Å²) in [7, 11) is 0. The summed E-state index contributed by atoms with van der Waals surface area (Å²) in [6.07, 6.45) is 0.340. The van der Waals surface area contributed by atoms with Crippen LogP contribution in [-0.2, 0) is 4.79 Å². The fourth-order valence-electron chi connectivity index (χ4n) is 3.05. The zero-order chi connectivity index (χ0) is 18.8. The maximum atomic E-state index is 10.6. The first-order chi connectivity index (χ1) is 13.1. The quantitative estimate of drug-likeness (QED) is 0.355. The van der Waals surface area contributed by atoms with Gasteiger partial charge in [-0.3, -0.25) is 0 Å². The van der Waals surface area contributed by atoms with Crippen LogP contribution in [0, 0.1) is 6.92 Å². The van der Waals surface area contributed by atoms with E-state index in [2.05, 4.69) is 4.98 Å². The third-order valence-corrected chi connectivity index (χ3v) is 4.41. The third kappa shape index (κ3) is 4.64. The number of benzene rings is 3. The van der Waals surface area contributed by atoms with Crippen molar-refractivity contribution in [1.82, 2.24) is 4.98 Å². The molecule has 0 saturated heterocycles. The molecule has 0 unspecified atom stereocenters. The number of aliphatic carboxylic acids is 1. The normalized spacial score (nSPS) is 10.8. The van der Waals surface area contributed by atoms with Crippen LogP contribution >= 0.6 is 0 Å². The Labute approximate surface area is 205 Å². The first-order valence-corrected chi connectivity index (χ1v) is 8.83. The molecule has 0 spiro atoms. The van der Waals surface area contributed by atoms with Crippen molar-refractivity contribution in [3.63, 3.8) is 0 Å². The van der Waals surface area contributed by atoms with Crippen molar-refractivity contribution in [2.45, 2.75) is 19.8 Å². The summed E-state index contributed by atoms with van der Waals surface area (Å²) in [4.78, 5) is 15.2. The second-order valence-corrected chi connectivity index (χ2v) is 6.51. The van der Waals surface area contributed by atoms with E-state index in [9.17, 15) is 9.90 Å². The SMILES string of the molecule is Cc1ccc2nc(-c3cc4ccccc4cc3OCCCC(=O)[O-])oc2c1.[K+]. The molecule has 4 aromatic rings. The average Bonchev–Trinajstić information content (AvgIpc) is 3.07. The van der Waals surface area contributed by atoms with Crippen molar-refractivity contribution in [2.75, 3.05) is 6.61 Å². The number of hydrogen-bond donors (Lipinski definition) is 0. The van der Waals surface area contributed by atoms with Crippen LogP contribution in [0.15, 0.2) is 59.0 Å². The predicted molar refractivity (Wildman–Crippen MR) is 101 cm³/mol. The molecule has 0 N–H and O–H groups in total. The minimum Gasteiger partial charge on any atom is -0.550 e. The number of aromatic nitrogens is 1. The molecule has 4 rings (SSSR count). The van der Waals surface area contributed by atoms with Gasteiger partial charge in [0, 0.05) is 5.97 Å². The zero-order valence-electron chi connectivity index (χ0n) is 15.9. The van der Waals surface area contributed by atoms with Crippen molar-refractivity contribution in [3.8, 4) is 17.2 Å². The van der Waals surface area contributed by atoms with Crippen LogP contribution in [0.5, 0.6) is 5.75 Å². The van der Waals surface area contributed by atoms with Crippen LogP contribution in [0.1, 0.15) is 18.4 Å². The molecule has 136 valence electrons. The number of carboxylic acids is 1. The van der Waals surface area contributed by atoms with E-state index in [0.29, 0.717) is 18.1 Å². The van der Waals surface area contributed by atoms with Crippen LogP contribution in [0.2, 0.25) is 0 Å². The zero-order valence-corrected chi connectivity index (χ0v) is 19.0. The van der Waals surface area contributed by atoms with Crippen molar-refractivity contribution >= 4 is 27.8 Å². The number of carbonyl (C=O) groups excluding carboxylic acids is 1. The number of nitrogens with zero attached hydrogens (tertiary/aromatic N) is 1. The van der Waals surface area contributed by atoms with Gasteiger partial charge in [-0.25, -0.2) is 4.98 Å². The van der Waals surface area contributed by atoms with E-state index in [1.807, 2.05) is 61.5 Å². The summed E-state index contributed by atoms with van der Waals surface area (Å²) in [5, 5.41) is 12.7. The van der Waals surface area contributed by atoms with E-state index in [-0.39, 0.29) is 64.4 Å². The van der Waals surface area contributed by atoms with Gasteiger partial charge in [-0.1, -0.05) is 30.3 Å². The topological polar surface area (TPSA) is 75.4 Å². The molecule has 28 heavy (non-hydrogen) atoms. The monoisotopic (exact) mass is 399 g/mol. The summed E-state index contributed by atoms with van der Waals surface area (Å²) in [5.74, 6) is 0.0261. The first kappa shape index (κ1) is 21.0. The molecule has 0 aliphatic rings. The van der Waals surface area contributed by atoms with Crippen molar-refractivity contribution in [1.29, 1.82) is 0 Å². The third-order valence-electron chi connectivity index (χ3n) is 4.41. The Kier molecular flexibility index (Phi) is 6.90. The Bertz CT molecular complexity index is 1140. The fraction of sp³-hybridized carbons (Fsp3) is 0.182.